The van der Waals surface area contributed by atoms with Crippen LogP contribution in [0, 0.1) is 0 Å². The molecule has 0 unspecified atom stereocenters. The molecule has 1 aromatic rings. The molecule has 0 bridgehead atoms. The van der Waals surface area contributed by atoms with Crippen LogP contribution < -0.4 is 4.74 Å². The normalized spacial score (nSPS) is 10.2. The minimum Gasteiger partial charge on any atom is -0.482 e. The van der Waals surface area contributed by atoms with Crippen LogP contribution in [0.3, 0.4) is 0 Å². The van der Waals surface area contributed by atoms with Gasteiger partial charge in [0.2, 0.25) is 0 Å². The Kier molecular flexibility index (Phi) is 6.80. The number of ether oxygens (including phenoxy) is 2. The van der Waals surface area contributed by atoms with E-state index in [0.29, 0.717) is 6.61 Å². The minimum atomic E-state index is -0.330. The van der Waals surface area contributed by atoms with Gasteiger partial charge in [-0.25, -0.2) is 4.79 Å². The first-order valence-electron chi connectivity index (χ1n) is 6.17. The maximum atomic E-state index is 11.2. The number of hydrogen-bond donors (Lipinski definition) is 0. The molecule has 0 aromatic heterocycles. The number of benzene rings is 1. The van der Waals surface area contributed by atoms with Crippen molar-refractivity contribution in [2.75, 3.05) is 18.5 Å². The average Bonchev–Trinajstić information content (AvgIpc) is 2.37. The van der Waals surface area contributed by atoms with E-state index < -0.39 is 0 Å². The molecule has 100 valence electrons. The van der Waals surface area contributed by atoms with Crippen LogP contribution in [0.15, 0.2) is 18.2 Å². The number of alkyl halides is 1. The van der Waals surface area contributed by atoms with Gasteiger partial charge in [0, 0.05) is 5.33 Å². The monoisotopic (exact) mass is 314 g/mol. The standard InChI is InChI=1S/C14H19BrO3/c1-3-12-9-11(7-8-15)5-6-13(12)18-10-14(16)17-4-2/h5-6,9H,3-4,7-8,10H2,1-2H3. The molecule has 0 heterocycles. The molecule has 4 heteroatoms. The lowest BCUT2D eigenvalue weighted by molar-refractivity contribution is -0.145. The fourth-order valence-electron chi connectivity index (χ4n) is 1.65. The molecule has 0 fully saturated rings. The average molecular weight is 315 g/mol. The molecule has 1 aromatic carbocycles. The number of esters is 1. The fourth-order valence-corrected chi connectivity index (χ4v) is 2.11. The van der Waals surface area contributed by atoms with Gasteiger partial charge < -0.3 is 9.47 Å². The molecule has 0 saturated carbocycles. The lowest BCUT2D eigenvalue weighted by atomic mass is 10.1. The number of hydrogen-bond acceptors (Lipinski definition) is 3. The van der Waals surface area contributed by atoms with Crippen LogP contribution in [0.4, 0.5) is 0 Å². The van der Waals surface area contributed by atoms with Crippen molar-refractivity contribution in [3.8, 4) is 5.75 Å². The summed E-state index contributed by atoms with van der Waals surface area (Å²) in [6, 6.07) is 6.08. The number of carbonyl (C=O) groups is 1. The highest BCUT2D eigenvalue weighted by molar-refractivity contribution is 9.09. The number of rotatable bonds is 7. The highest BCUT2D eigenvalue weighted by atomic mass is 79.9. The van der Waals surface area contributed by atoms with Gasteiger partial charge in [-0.1, -0.05) is 35.0 Å². The molecule has 0 spiro atoms. The Morgan fingerprint density at radius 1 is 1.33 bits per heavy atom. The second kappa shape index (κ2) is 8.14. The molecule has 3 nitrogen and oxygen atoms in total. The zero-order valence-electron chi connectivity index (χ0n) is 10.9. The van der Waals surface area contributed by atoms with Crippen LogP contribution >= 0.6 is 15.9 Å². The SMILES string of the molecule is CCOC(=O)COc1ccc(CCBr)cc1CC. The van der Waals surface area contributed by atoms with Gasteiger partial charge in [-0.2, -0.15) is 0 Å². The van der Waals surface area contributed by atoms with E-state index >= 15 is 0 Å². The van der Waals surface area contributed by atoms with Crippen molar-refractivity contribution in [2.24, 2.45) is 0 Å². The molecule has 0 N–H and O–H groups in total. The van der Waals surface area contributed by atoms with Crippen molar-refractivity contribution in [3.63, 3.8) is 0 Å². The zero-order valence-corrected chi connectivity index (χ0v) is 12.5. The van der Waals surface area contributed by atoms with Crippen LogP contribution in [0.25, 0.3) is 0 Å². The van der Waals surface area contributed by atoms with E-state index in [1.165, 1.54) is 5.56 Å². The van der Waals surface area contributed by atoms with Crippen LogP contribution in [-0.2, 0) is 22.4 Å². The topological polar surface area (TPSA) is 35.5 Å². The first-order chi connectivity index (χ1) is 8.71. The summed E-state index contributed by atoms with van der Waals surface area (Å²) in [5, 5.41) is 0.944. The van der Waals surface area contributed by atoms with Gasteiger partial charge in [-0.15, -0.1) is 0 Å². The molecular formula is C14H19BrO3. The Morgan fingerprint density at radius 2 is 2.11 bits per heavy atom. The third-order valence-electron chi connectivity index (χ3n) is 2.54. The summed E-state index contributed by atoms with van der Waals surface area (Å²) >= 11 is 3.43. The fraction of sp³-hybridized carbons (Fsp3) is 0.500. The Labute approximate surface area is 117 Å². The smallest absolute Gasteiger partial charge is 0.344 e. The van der Waals surface area contributed by atoms with Crippen molar-refractivity contribution >= 4 is 21.9 Å². The lowest BCUT2D eigenvalue weighted by Crippen LogP contribution is -2.15. The first-order valence-corrected chi connectivity index (χ1v) is 7.29. The van der Waals surface area contributed by atoms with Crippen molar-refractivity contribution in [3.05, 3.63) is 29.3 Å². The predicted molar refractivity (Wildman–Crippen MR) is 75.4 cm³/mol. The third kappa shape index (κ3) is 4.69. The van der Waals surface area contributed by atoms with Crippen LogP contribution in [0.1, 0.15) is 25.0 Å². The first kappa shape index (κ1) is 15.0. The second-order valence-corrected chi connectivity index (χ2v) is 4.62. The summed E-state index contributed by atoms with van der Waals surface area (Å²) in [7, 11) is 0. The summed E-state index contributed by atoms with van der Waals surface area (Å²) in [4.78, 5) is 11.2. The zero-order chi connectivity index (χ0) is 13.4. The summed E-state index contributed by atoms with van der Waals surface area (Å²) in [5.74, 6) is 0.438. The van der Waals surface area contributed by atoms with E-state index in [1.54, 1.807) is 6.92 Å². The van der Waals surface area contributed by atoms with Gasteiger partial charge in [0.1, 0.15) is 5.75 Å². The van der Waals surface area contributed by atoms with Gasteiger partial charge >= 0.3 is 5.97 Å². The van der Waals surface area contributed by atoms with Gasteiger partial charge in [-0.05, 0) is 37.0 Å². The van der Waals surface area contributed by atoms with E-state index in [9.17, 15) is 4.79 Å². The number of halogens is 1. The van der Waals surface area contributed by atoms with Crippen LogP contribution in [0.2, 0.25) is 0 Å². The molecule has 18 heavy (non-hydrogen) atoms. The lowest BCUT2D eigenvalue weighted by Gasteiger charge is -2.11. The Hall–Kier alpha value is -1.03. The summed E-state index contributed by atoms with van der Waals surface area (Å²) in [6.07, 6.45) is 1.87. The second-order valence-electron chi connectivity index (χ2n) is 3.83. The molecular weight excluding hydrogens is 296 g/mol. The Morgan fingerprint density at radius 3 is 2.72 bits per heavy atom. The number of aryl methyl sites for hydroxylation is 2. The Balaban J connectivity index is 2.67. The van der Waals surface area contributed by atoms with E-state index in [4.69, 9.17) is 9.47 Å². The van der Waals surface area contributed by atoms with Crippen LogP contribution in [-0.4, -0.2) is 24.5 Å². The van der Waals surface area contributed by atoms with E-state index in [0.717, 1.165) is 29.5 Å². The molecule has 0 aliphatic rings. The van der Waals surface area contributed by atoms with Gasteiger partial charge in [0.15, 0.2) is 6.61 Å². The highest BCUT2D eigenvalue weighted by Crippen LogP contribution is 2.21. The van der Waals surface area contributed by atoms with E-state index in [-0.39, 0.29) is 12.6 Å². The maximum Gasteiger partial charge on any atom is 0.344 e. The van der Waals surface area contributed by atoms with Crippen molar-refractivity contribution < 1.29 is 14.3 Å². The third-order valence-corrected chi connectivity index (χ3v) is 2.94. The minimum absolute atomic E-state index is 0.0291. The highest BCUT2D eigenvalue weighted by Gasteiger charge is 2.07. The molecule has 0 radical (unpaired) electrons. The predicted octanol–water partition coefficient (Wildman–Crippen LogP) is 3.13. The van der Waals surface area contributed by atoms with Crippen molar-refractivity contribution in [1.82, 2.24) is 0 Å². The van der Waals surface area contributed by atoms with Gasteiger partial charge in [0.25, 0.3) is 0 Å². The van der Waals surface area contributed by atoms with Crippen molar-refractivity contribution in [2.45, 2.75) is 26.7 Å². The molecule has 0 atom stereocenters. The largest absolute Gasteiger partial charge is 0.482 e. The Bertz CT molecular complexity index is 391. The summed E-state index contributed by atoms with van der Waals surface area (Å²) in [6.45, 7) is 4.21. The van der Waals surface area contributed by atoms with Crippen molar-refractivity contribution in [1.29, 1.82) is 0 Å². The summed E-state index contributed by atoms with van der Waals surface area (Å²) in [5.41, 5.74) is 2.39. The van der Waals surface area contributed by atoms with Gasteiger partial charge in [0.05, 0.1) is 6.61 Å². The molecule has 0 aliphatic heterocycles. The van der Waals surface area contributed by atoms with Crippen LogP contribution in [0.5, 0.6) is 5.75 Å². The molecule has 0 amide bonds. The molecule has 0 aliphatic carbocycles. The maximum absolute atomic E-state index is 11.2. The molecule has 0 saturated heterocycles. The van der Waals surface area contributed by atoms with Gasteiger partial charge in [-0.3, -0.25) is 0 Å². The molecule has 1 rings (SSSR count). The van der Waals surface area contributed by atoms with E-state index in [1.807, 2.05) is 12.1 Å². The van der Waals surface area contributed by atoms with E-state index in [2.05, 4.69) is 28.9 Å². The summed E-state index contributed by atoms with van der Waals surface area (Å²) < 4.78 is 10.3. The number of carbonyl (C=O) groups excluding carboxylic acids is 1. The quantitative estimate of drug-likeness (QED) is 0.573.